The zero-order valence-corrected chi connectivity index (χ0v) is 14.5. The van der Waals surface area contributed by atoms with Crippen LogP contribution in [0.25, 0.3) is 0 Å². The second-order valence-corrected chi connectivity index (χ2v) is 8.00. The maximum Gasteiger partial charge on any atom is 0.410 e. The molecule has 0 atom stereocenters. The highest BCUT2D eigenvalue weighted by Crippen LogP contribution is 2.15. The van der Waals surface area contributed by atoms with Crippen molar-refractivity contribution in [2.24, 2.45) is 5.10 Å². The van der Waals surface area contributed by atoms with Gasteiger partial charge in [-0.3, -0.25) is 4.90 Å². The monoisotopic (exact) mass is 339 g/mol. The molecule has 0 radical (unpaired) electrons. The number of carbonyl (C=O) groups excluding carboxylic acids is 1. The molecule has 7 nitrogen and oxygen atoms in total. The minimum atomic E-state index is -3.70. The first-order chi connectivity index (χ1) is 10.6. The maximum absolute atomic E-state index is 12.2. The van der Waals surface area contributed by atoms with Crippen LogP contribution in [0.5, 0.6) is 0 Å². The molecule has 0 unspecified atom stereocenters. The van der Waals surface area contributed by atoms with Crippen LogP contribution in [-0.4, -0.2) is 43.8 Å². The van der Waals surface area contributed by atoms with E-state index in [4.69, 9.17) is 4.74 Å². The average molecular weight is 339 g/mol. The summed E-state index contributed by atoms with van der Waals surface area (Å²) in [5.41, 5.74) is 0.661. The highest BCUT2D eigenvalue weighted by Gasteiger charge is 2.31. The zero-order valence-electron chi connectivity index (χ0n) is 13.7. The molecule has 0 aliphatic carbocycles. The Bertz CT molecular complexity index is 727. The van der Waals surface area contributed by atoms with E-state index in [1.54, 1.807) is 45.9 Å². The number of benzene rings is 1. The second kappa shape index (κ2) is 6.19. The lowest BCUT2D eigenvalue weighted by atomic mass is 10.2. The molecule has 1 N–H and O–H groups in total. The SMILES string of the molecule is Cc1ccccc1S(=O)(=O)NN=C1CN(C(=O)OC(C)(C)C)C1. The van der Waals surface area contributed by atoms with Crippen molar-refractivity contribution in [2.75, 3.05) is 13.1 Å². The molecule has 2 rings (SSSR count). The van der Waals surface area contributed by atoms with E-state index in [9.17, 15) is 13.2 Å². The van der Waals surface area contributed by atoms with Gasteiger partial charge in [0.15, 0.2) is 0 Å². The van der Waals surface area contributed by atoms with Gasteiger partial charge in [-0.05, 0) is 39.3 Å². The maximum atomic E-state index is 12.2. The molecule has 1 aromatic carbocycles. The van der Waals surface area contributed by atoms with Crippen LogP contribution in [0.1, 0.15) is 26.3 Å². The van der Waals surface area contributed by atoms with Crippen LogP contribution in [-0.2, 0) is 14.8 Å². The van der Waals surface area contributed by atoms with Gasteiger partial charge < -0.3 is 4.74 Å². The van der Waals surface area contributed by atoms with Crippen molar-refractivity contribution in [1.82, 2.24) is 9.73 Å². The highest BCUT2D eigenvalue weighted by molar-refractivity contribution is 7.89. The van der Waals surface area contributed by atoms with E-state index in [-0.39, 0.29) is 18.0 Å². The standard InChI is InChI=1S/C15H21N3O4S/c1-11-7-5-6-8-13(11)23(20,21)17-16-12-9-18(10-12)14(19)22-15(2,3)4/h5-8,17H,9-10H2,1-4H3. The smallest absolute Gasteiger partial charge is 0.410 e. The predicted octanol–water partition coefficient (Wildman–Crippen LogP) is 1.88. The van der Waals surface area contributed by atoms with Gasteiger partial charge in [0, 0.05) is 0 Å². The zero-order chi connectivity index (χ0) is 17.3. The third-order valence-electron chi connectivity index (χ3n) is 3.11. The molecule has 1 aliphatic rings. The summed E-state index contributed by atoms with van der Waals surface area (Å²) in [6, 6.07) is 6.66. The summed E-state index contributed by atoms with van der Waals surface area (Å²) in [6.45, 7) is 7.59. The fourth-order valence-electron chi connectivity index (χ4n) is 1.95. The van der Waals surface area contributed by atoms with Crippen molar-refractivity contribution in [3.63, 3.8) is 0 Å². The van der Waals surface area contributed by atoms with Gasteiger partial charge in [-0.2, -0.15) is 18.4 Å². The van der Waals surface area contributed by atoms with Crippen molar-refractivity contribution < 1.29 is 17.9 Å². The minimum Gasteiger partial charge on any atom is -0.444 e. The summed E-state index contributed by atoms with van der Waals surface area (Å²) < 4.78 is 29.6. The Hall–Kier alpha value is -2.09. The van der Waals surface area contributed by atoms with Crippen LogP contribution < -0.4 is 4.83 Å². The molecule has 23 heavy (non-hydrogen) atoms. The number of rotatable bonds is 3. The van der Waals surface area contributed by atoms with Gasteiger partial charge in [-0.15, -0.1) is 0 Å². The summed E-state index contributed by atoms with van der Waals surface area (Å²) in [5.74, 6) is 0. The largest absolute Gasteiger partial charge is 0.444 e. The Morgan fingerprint density at radius 2 is 1.87 bits per heavy atom. The molecule has 1 aromatic rings. The first-order valence-electron chi connectivity index (χ1n) is 7.19. The summed E-state index contributed by atoms with van der Waals surface area (Å²) in [7, 11) is -3.70. The van der Waals surface area contributed by atoms with Gasteiger partial charge >= 0.3 is 6.09 Å². The Kier molecular flexibility index (Phi) is 4.65. The van der Waals surface area contributed by atoms with Crippen LogP contribution in [0.15, 0.2) is 34.3 Å². The van der Waals surface area contributed by atoms with Crippen molar-refractivity contribution in [3.8, 4) is 0 Å². The lowest BCUT2D eigenvalue weighted by Gasteiger charge is -2.34. The van der Waals surface area contributed by atoms with Crippen LogP contribution in [0.3, 0.4) is 0 Å². The summed E-state index contributed by atoms with van der Waals surface area (Å²) >= 11 is 0. The number of nitrogens with zero attached hydrogens (tertiary/aromatic N) is 2. The molecule has 1 saturated heterocycles. The normalized spacial score (nSPS) is 15.0. The van der Waals surface area contributed by atoms with Gasteiger partial charge in [0.05, 0.1) is 23.7 Å². The molecular formula is C15H21N3O4S. The number of carbonyl (C=O) groups is 1. The van der Waals surface area contributed by atoms with E-state index < -0.39 is 21.7 Å². The molecule has 0 spiro atoms. The summed E-state index contributed by atoms with van der Waals surface area (Å²) in [5, 5.41) is 3.88. The van der Waals surface area contributed by atoms with Crippen molar-refractivity contribution in [3.05, 3.63) is 29.8 Å². The van der Waals surface area contributed by atoms with E-state index in [2.05, 4.69) is 9.93 Å². The molecule has 8 heteroatoms. The fourth-order valence-corrected chi connectivity index (χ4v) is 3.05. The first-order valence-corrected chi connectivity index (χ1v) is 8.67. The summed E-state index contributed by atoms with van der Waals surface area (Å²) in [4.78, 5) is 15.6. The second-order valence-electron chi connectivity index (χ2n) is 6.37. The van der Waals surface area contributed by atoms with Crippen molar-refractivity contribution in [2.45, 2.75) is 38.2 Å². The Morgan fingerprint density at radius 1 is 1.26 bits per heavy atom. The van der Waals surface area contributed by atoms with E-state index in [1.807, 2.05) is 0 Å². The lowest BCUT2D eigenvalue weighted by Crippen LogP contribution is -2.52. The van der Waals surface area contributed by atoms with Crippen molar-refractivity contribution >= 4 is 21.8 Å². The first kappa shape index (κ1) is 17.3. The molecule has 0 saturated carbocycles. The number of sulfonamides is 1. The number of aryl methyl sites for hydroxylation is 1. The Balaban J connectivity index is 1.94. The van der Waals surface area contributed by atoms with Crippen LogP contribution in [0.4, 0.5) is 4.79 Å². The molecule has 1 amide bonds. The van der Waals surface area contributed by atoms with E-state index in [1.165, 1.54) is 11.0 Å². The van der Waals surface area contributed by atoms with E-state index in [0.29, 0.717) is 11.3 Å². The van der Waals surface area contributed by atoms with E-state index >= 15 is 0 Å². The third kappa shape index (κ3) is 4.44. The molecule has 1 aliphatic heterocycles. The van der Waals surface area contributed by atoms with Gasteiger partial charge in [-0.25, -0.2) is 4.79 Å². The van der Waals surface area contributed by atoms with Crippen LogP contribution >= 0.6 is 0 Å². The quantitative estimate of drug-likeness (QED) is 0.852. The topological polar surface area (TPSA) is 88.1 Å². The fraction of sp³-hybridized carbons (Fsp3) is 0.467. The molecule has 126 valence electrons. The number of likely N-dealkylation sites (tertiary alicyclic amines) is 1. The number of nitrogens with one attached hydrogen (secondary N) is 1. The van der Waals surface area contributed by atoms with Gasteiger partial charge in [0.1, 0.15) is 5.60 Å². The van der Waals surface area contributed by atoms with Crippen LogP contribution in [0.2, 0.25) is 0 Å². The molecular weight excluding hydrogens is 318 g/mol. The molecule has 1 fully saturated rings. The third-order valence-corrected chi connectivity index (χ3v) is 4.47. The number of ether oxygens (including phenoxy) is 1. The lowest BCUT2D eigenvalue weighted by molar-refractivity contribution is 0.0264. The Morgan fingerprint density at radius 3 is 2.43 bits per heavy atom. The van der Waals surface area contributed by atoms with E-state index in [0.717, 1.165) is 0 Å². The molecule has 1 heterocycles. The molecule has 0 bridgehead atoms. The van der Waals surface area contributed by atoms with Gasteiger partial charge in [0.25, 0.3) is 10.0 Å². The average Bonchev–Trinajstić information content (AvgIpc) is 2.34. The van der Waals surface area contributed by atoms with Gasteiger partial charge in [0.2, 0.25) is 0 Å². The highest BCUT2D eigenvalue weighted by atomic mass is 32.2. The predicted molar refractivity (Wildman–Crippen MR) is 86.7 cm³/mol. The van der Waals surface area contributed by atoms with Crippen LogP contribution in [0, 0.1) is 6.92 Å². The number of amides is 1. The number of hydrazone groups is 1. The molecule has 0 aromatic heterocycles. The minimum absolute atomic E-state index is 0.188. The summed E-state index contributed by atoms with van der Waals surface area (Å²) in [6.07, 6.45) is -0.432. The number of hydrogen-bond donors (Lipinski definition) is 1. The number of hydrogen-bond acceptors (Lipinski definition) is 5. The Labute approximate surface area is 136 Å². The van der Waals surface area contributed by atoms with Crippen molar-refractivity contribution in [1.29, 1.82) is 0 Å². The van der Waals surface area contributed by atoms with Gasteiger partial charge in [-0.1, -0.05) is 18.2 Å².